The number of hydrogen-bond donors (Lipinski definition) is 2. The molecule has 5 heteroatoms. The normalized spacial score (nSPS) is 26.9. The van der Waals surface area contributed by atoms with Gasteiger partial charge in [-0.15, -0.1) is 0 Å². The molecular formula is C16H32N2O2S. The average molecular weight is 317 g/mol. The van der Waals surface area contributed by atoms with Gasteiger partial charge in [-0.05, 0) is 56.9 Å². The summed E-state index contributed by atoms with van der Waals surface area (Å²) in [7, 11) is -3.06. The van der Waals surface area contributed by atoms with Crippen molar-refractivity contribution in [2.45, 2.75) is 70.8 Å². The molecule has 21 heavy (non-hydrogen) atoms. The maximum Gasteiger partial charge on any atom is 0.211 e. The Labute approximate surface area is 130 Å². The Morgan fingerprint density at radius 3 is 2.57 bits per heavy atom. The van der Waals surface area contributed by atoms with Crippen LogP contribution in [0.5, 0.6) is 0 Å². The van der Waals surface area contributed by atoms with Crippen molar-refractivity contribution in [1.29, 1.82) is 0 Å². The van der Waals surface area contributed by atoms with Crippen molar-refractivity contribution in [3.05, 3.63) is 0 Å². The molecule has 2 saturated carbocycles. The maximum atomic E-state index is 11.9. The highest BCUT2D eigenvalue weighted by Crippen LogP contribution is 2.30. The third-order valence-corrected chi connectivity index (χ3v) is 6.24. The minimum atomic E-state index is -3.06. The molecule has 2 N–H and O–H groups in total. The first kappa shape index (κ1) is 17.2. The Bertz CT molecular complexity index is 393. The van der Waals surface area contributed by atoms with Crippen LogP contribution in [0, 0.1) is 11.8 Å². The number of nitrogens with one attached hydrogen (secondary N) is 2. The summed E-state index contributed by atoms with van der Waals surface area (Å²) in [4.78, 5) is 0. The van der Waals surface area contributed by atoms with E-state index in [0.29, 0.717) is 6.54 Å². The van der Waals surface area contributed by atoms with Crippen molar-refractivity contribution in [2.75, 3.05) is 18.8 Å². The topological polar surface area (TPSA) is 58.2 Å². The van der Waals surface area contributed by atoms with E-state index < -0.39 is 10.0 Å². The van der Waals surface area contributed by atoms with Gasteiger partial charge in [0.25, 0.3) is 0 Å². The molecule has 0 aromatic heterocycles. The molecule has 2 aliphatic rings. The standard InChI is InChI=1S/C16H32N2O2S/c1-14-5-4-6-15(13-14)9-11-18-21(19,20)12-3-2-10-17-16-7-8-16/h14-18H,2-13H2,1H3. The van der Waals surface area contributed by atoms with Crippen LogP contribution in [0.2, 0.25) is 0 Å². The second-order valence-corrected chi connectivity index (χ2v) is 9.00. The Morgan fingerprint density at radius 2 is 1.86 bits per heavy atom. The first-order valence-electron chi connectivity index (χ1n) is 8.76. The lowest BCUT2D eigenvalue weighted by atomic mass is 9.81. The molecule has 0 saturated heterocycles. The lowest BCUT2D eigenvalue weighted by molar-refractivity contribution is 0.271. The average Bonchev–Trinajstić information content (AvgIpc) is 3.22. The Morgan fingerprint density at radius 1 is 1.05 bits per heavy atom. The molecule has 0 aromatic rings. The number of rotatable bonds is 10. The summed E-state index contributed by atoms with van der Waals surface area (Å²) in [5, 5.41) is 3.42. The lowest BCUT2D eigenvalue weighted by Gasteiger charge is -2.26. The van der Waals surface area contributed by atoms with Crippen molar-refractivity contribution in [3.8, 4) is 0 Å². The van der Waals surface area contributed by atoms with Crippen LogP contribution in [0.25, 0.3) is 0 Å². The first-order valence-corrected chi connectivity index (χ1v) is 10.4. The molecular weight excluding hydrogens is 284 g/mol. The molecule has 2 aliphatic carbocycles. The quantitative estimate of drug-likeness (QED) is 0.609. The molecule has 124 valence electrons. The first-order chi connectivity index (χ1) is 10.1. The van der Waals surface area contributed by atoms with E-state index in [0.717, 1.165) is 43.7 Å². The minimum absolute atomic E-state index is 0.278. The molecule has 0 heterocycles. The van der Waals surface area contributed by atoms with E-state index in [4.69, 9.17) is 0 Å². The molecule has 4 nitrogen and oxygen atoms in total. The van der Waals surface area contributed by atoms with Crippen LogP contribution >= 0.6 is 0 Å². The summed E-state index contributed by atoms with van der Waals surface area (Å²) in [5.74, 6) is 1.82. The van der Waals surface area contributed by atoms with E-state index in [2.05, 4.69) is 17.0 Å². The fraction of sp³-hybridized carbons (Fsp3) is 1.00. The summed E-state index contributed by atoms with van der Waals surface area (Å²) < 4.78 is 26.6. The molecule has 0 bridgehead atoms. The van der Waals surface area contributed by atoms with Crippen LogP contribution in [0.4, 0.5) is 0 Å². The van der Waals surface area contributed by atoms with E-state index in [-0.39, 0.29) is 5.75 Å². The monoisotopic (exact) mass is 316 g/mol. The zero-order valence-corrected chi connectivity index (χ0v) is 14.3. The molecule has 2 atom stereocenters. The van der Waals surface area contributed by atoms with Gasteiger partial charge in [0.1, 0.15) is 0 Å². The van der Waals surface area contributed by atoms with E-state index >= 15 is 0 Å². The molecule has 2 unspecified atom stereocenters. The van der Waals surface area contributed by atoms with Gasteiger partial charge >= 0.3 is 0 Å². The van der Waals surface area contributed by atoms with E-state index in [9.17, 15) is 8.42 Å². The fourth-order valence-electron chi connectivity index (χ4n) is 3.32. The van der Waals surface area contributed by atoms with Crippen molar-refractivity contribution >= 4 is 10.0 Å². The molecule has 2 fully saturated rings. The minimum Gasteiger partial charge on any atom is -0.314 e. The van der Waals surface area contributed by atoms with E-state index in [1.807, 2.05) is 0 Å². The van der Waals surface area contributed by atoms with Gasteiger partial charge in [-0.1, -0.05) is 26.2 Å². The summed E-state index contributed by atoms with van der Waals surface area (Å²) in [6, 6.07) is 0.720. The Hall–Kier alpha value is -0.130. The van der Waals surface area contributed by atoms with Crippen molar-refractivity contribution in [2.24, 2.45) is 11.8 Å². The molecule has 0 aliphatic heterocycles. The Kier molecular flexibility index (Phi) is 6.96. The van der Waals surface area contributed by atoms with Crippen LogP contribution in [0.1, 0.15) is 64.7 Å². The highest BCUT2D eigenvalue weighted by molar-refractivity contribution is 7.89. The zero-order chi connectivity index (χ0) is 15.1. The van der Waals surface area contributed by atoms with Gasteiger partial charge in [-0.3, -0.25) is 0 Å². The van der Waals surface area contributed by atoms with Gasteiger partial charge in [-0.25, -0.2) is 13.1 Å². The second-order valence-electron chi connectivity index (χ2n) is 7.08. The lowest BCUT2D eigenvalue weighted by Crippen LogP contribution is -2.29. The second kappa shape index (κ2) is 8.49. The molecule has 0 aromatic carbocycles. The summed E-state index contributed by atoms with van der Waals surface area (Å²) >= 11 is 0. The van der Waals surface area contributed by atoms with Gasteiger partial charge in [0, 0.05) is 12.6 Å². The maximum absolute atomic E-state index is 11.9. The molecule has 0 radical (unpaired) electrons. The van der Waals surface area contributed by atoms with E-state index in [1.54, 1.807) is 0 Å². The van der Waals surface area contributed by atoms with Crippen LogP contribution in [-0.2, 0) is 10.0 Å². The highest BCUT2D eigenvalue weighted by atomic mass is 32.2. The number of unbranched alkanes of at least 4 members (excludes halogenated alkanes) is 1. The van der Waals surface area contributed by atoms with Gasteiger partial charge in [0.15, 0.2) is 0 Å². The highest BCUT2D eigenvalue weighted by Gasteiger charge is 2.20. The van der Waals surface area contributed by atoms with Gasteiger partial charge < -0.3 is 5.32 Å². The molecule has 2 rings (SSSR count). The van der Waals surface area contributed by atoms with Crippen LogP contribution < -0.4 is 10.0 Å². The predicted molar refractivity (Wildman–Crippen MR) is 87.8 cm³/mol. The number of hydrogen-bond acceptors (Lipinski definition) is 3. The van der Waals surface area contributed by atoms with Gasteiger partial charge in [-0.2, -0.15) is 0 Å². The molecule has 0 amide bonds. The van der Waals surface area contributed by atoms with Crippen LogP contribution in [0.3, 0.4) is 0 Å². The summed E-state index contributed by atoms with van der Waals surface area (Å²) in [6.45, 7) is 3.90. The fourth-order valence-corrected chi connectivity index (χ4v) is 4.48. The SMILES string of the molecule is CC1CCCC(CCNS(=O)(=O)CCCCNC2CC2)C1. The summed E-state index contributed by atoms with van der Waals surface area (Å²) in [5.41, 5.74) is 0. The van der Waals surface area contributed by atoms with Gasteiger partial charge in [0.05, 0.1) is 5.75 Å². The van der Waals surface area contributed by atoms with Crippen LogP contribution in [-0.4, -0.2) is 33.3 Å². The van der Waals surface area contributed by atoms with Crippen molar-refractivity contribution < 1.29 is 8.42 Å². The zero-order valence-electron chi connectivity index (χ0n) is 13.4. The van der Waals surface area contributed by atoms with Gasteiger partial charge in [0.2, 0.25) is 10.0 Å². The third kappa shape index (κ3) is 7.61. The van der Waals surface area contributed by atoms with Crippen molar-refractivity contribution in [1.82, 2.24) is 10.0 Å². The van der Waals surface area contributed by atoms with Crippen LogP contribution in [0.15, 0.2) is 0 Å². The molecule has 0 spiro atoms. The van der Waals surface area contributed by atoms with Crippen molar-refractivity contribution in [3.63, 3.8) is 0 Å². The largest absolute Gasteiger partial charge is 0.314 e. The van der Waals surface area contributed by atoms with E-state index in [1.165, 1.54) is 38.5 Å². The predicted octanol–water partition coefficient (Wildman–Crippen LogP) is 2.65. The summed E-state index contributed by atoms with van der Waals surface area (Å²) in [6.07, 6.45) is 10.5. The Balaban J connectivity index is 1.50. The smallest absolute Gasteiger partial charge is 0.211 e. The third-order valence-electron chi connectivity index (χ3n) is 4.77. The number of sulfonamides is 1.